The monoisotopic (exact) mass is 317 g/mol. The fourth-order valence-electron chi connectivity index (χ4n) is 1.79. The summed E-state index contributed by atoms with van der Waals surface area (Å²) < 4.78 is 10.1. The third kappa shape index (κ3) is 4.10. The number of carbonyl (C=O) groups is 2. The number of amides is 1. The van der Waals surface area contributed by atoms with Crippen LogP contribution < -0.4 is 0 Å². The predicted octanol–water partition coefficient (Wildman–Crippen LogP) is 2.01. The highest BCUT2D eigenvalue weighted by Gasteiger charge is 2.19. The van der Waals surface area contributed by atoms with Gasteiger partial charge in [-0.1, -0.05) is 23.2 Å². The molecule has 7 heteroatoms. The van der Waals surface area contributed by atoms with Crippen molar-refractivity contribution < 1.29 is 19.1 Å². The van der Waals surface area contributed by atoms with E-state index in [2.05, 4.69) is 0 Å². The molecule has 0 saturated carbocycles. The second-order valence-electron chi connectivity index (χ2n) is 4.23. The highest BCUT2D eigenvalue weighted by Crippen LogP contribution is 2.19. The van der Waals surface area contributed by atoms with Gasteiger partial charge in [0.2, 0.25) is 0 Å². The number of morpholine rings is 1. The van der Waals surface area contributed by atoms with Gasteiger partial charge < -0.3 is 14.4 Å². The highest BCUT2D eigenvalue weighted by atomic mass is 35.5. The number of carbonyl (C=O) groups excluding carboxylic acids is 2. The van der Waals surface area contributed by atoms with E-state index < -0.39 is 5.97 Å². The lowest BCUT2D eigenvalue weighted by Gasteiger charge is -2.26. The molecular weight excluding hydrogens is 305 g/mol. The number of halogens is 2. The van der Waals surface area contributed by atoms with Crippen LogP contribution in [0.2, 0.25) is 10.0 Å². The van der Waals surface area contributed by atoms with Crippen LogP contribution in [0.25, 0.3) is 0 Å². The quantitative estimate of drug-likeness (QED) is 0.800. The van der Waals surface area contributed by atoms with Gasteiger partial charge >= 0.3 is 5.97 Å². The zero-order valence-corrected chi connectivity index (χ0v) is 12.1. The van der Waals surface area contributed by atoms with Gasteiger partial charge in [0.1, 0.15) is 0 Å². The first-order valence-corrected chi connectivity index (χ1v) is 6.80. The third-order valence-electron chi connectivity index (χ3n) is 2.79. The molecule has 1 amide bonds. The fourth-order valence-corrected chi connectivity index (χ4v) is 2.31. The smallest absolute Gasteiger partial charge is 0.338 e. The van der Waals surface area contributed by atoms with Crippen LogP contribution in [-0.2, 0) is 14.3 Å². The van der Waals surface area contributed by atoms with Crippen molar-refractivity contribution in [2.24, 2.45) is 0 Å². The lowest BCUT2D eigenvalue weighted by Crippen LogP contribution is -2.42. The molecule has 1 aliphatic rings. The number of rotatable bonds is 3. The second-order valence-corrected chi connectivity index (χ2v) is 5.10. The first-order chi connectivity index (χ1) is 9.56. The van der Waals surface area contributed by atoms with E-state index in [9.17, 15) is 9.59 Å². The molecule has 20 heavy (non-hydrogen) atoms. The van der Waals surface area contributed by atoms with Crippen molar-refractivity contribution in [2.75, 3.05) is 32.9 Å². The standard InChI is InChI=1S/C13H13Cl2NO4/c14-10-5-9(6-11(15)7-10)13(18)20-8-12(17)16-1-3-19-4-2-16/h5-7H,1-4,8H2. The second kappa shape index (κ2) is 6.92. The van der Waals surface area contributed by atoms with Gasteiger partial charge in [0.15, 0.2) is 6.61 Å². The normalized spacial score (nSPS) is 15.0. The summed E-state index contributed by atoms with van der Waals surface area (Å²) in [5, 5.41) is 0.674. The molecule has 0 atom stereocenters. The van der Waals surface area contributed by atoms with Crippen molar-refractivity contribution in [3.63, 3.8) is 0 Å². The molecule has 5 nitrogen and oxygen atoms in total. The summed E-state index contributed by atoms with van der Waals surface area (Å²) in [5.74, 6) is -0.870. The number of ether oxygens (including phenoxy) is 2. The van der Waals surface area contributed by atoms with Crippen molar-refractivity contribution in [1.82, 2.24) is 4.90 Å². The van der Waals surface area contributed by atoms with Crippen molar-refractivity contribution in [1.29, 1.82) is 0 Å². The van der Waals surface area contributed by atoms with E-state index in [0.717, 1.165) is 0 Å². The van der Waals surface area contributed by atoms with Crippen LogP contribution in [0.4, 0.5) is 0 Å². The Morgan fingerprint density at radius 1 is 1.15 bits per heavy atom. The molecule has 1 aromatic carbocycles. The molecule has 0 unspecified atom stereocenters. The minimum atomic E-state index is -0.629. The SMILES string of the molecule is O=C(OCC(=O)N1CCOCC1)c1cc(Cl)cc(Cl)c1. The van der Waals surface area contributed by atoms with Gasteiger partial charge in [-0.2, -0.15) is 0 Å². The zero-order chi connectivity index (χ0) is 14.5. The summed E-state index contributed by atoms with van der Waals surface area (Å²) in [4.78, 5) is 25.2. The fraction of sp³-hybridized carbons (Fsp3) is 0.385. The maximum absolute atomic E-state index is 11.8. The van der Waals surface area contributed by atoms with E-state index in [1.54, 1.807) is 4.90 Å². The van der Waals surface area contributed by atoms with Gasteiger partial charge in [-0.25, -0.2) is 4.79 Å². The molecule has 1 heterocycles. The Morgan fingerprint density at radius 2 is 1.75 bits per heavy atom. The highest BCUT2D eigenvalue weighted by molar-refractivity contribution is 6.35. The molecule has 1 saturated heterocycles. The van der Waals surface area contributed by atoms with Crippen molar-refractivity contribution in [3.8, 4) is 0 Å². The Morgan fingerprint density at radius 3 is 2.35 bits per heavy atom. The van der Waals surface area contributed by atoms with Gasteiger partial charge in [-0.05, 0) is 18.2 Å². The van der Waals surface area contributed by atoms with Crippen LogP contribution in [0, 0.1) is 0 Å². The van der Waals surface area contributed by atoms with Crippen LogP contribution in [0.3, 0.4) is 0 Å². The number of hydrogen-bond donors (Lipinski definition) is 0. The van der Waals surface area contributed by atoms with Gasteiger partial charge in [-0.15, -0.1) is 0 Å². The first kappa shape index (κ1) is 15.1. The summed E-state index contributed by atoms with van der Waals surface area (Å²) in [6.07, 6.45) is 0. The summed E-state index contributed by atoms with van der Waals surface area (Å²) in [5.41, 5.74) is 0.220. The molecule has 1 aliphatic heterocycles. The van der Waals surface area contributed by atoms with Crippen molar-refractivity contribution >= 4 is 35.1 Å². The topological polar surface area (TPSA) is 55.8 Å². The van der Waals surface area contributed by atoms with Gasteiger partial charge in [0, 0.05) is 23.1 Å². The van der Waals surface area contributed by atoms with Crippen LogP contribution in [-0.4, -0.2) is 49.7 Å². The molecule has 0 radical (unpaired) electrons. The molecule has 0 spiro atoms. The molecule has 1 aromatic rings. The van der Waals surface area contributed by atoms with Crippen LogP contribution in [0.5, 0.6) is 0 Å². The Kier molecular flexibility index (Phi) is 5.23. The number of esters is 1. The molecule has 0 N–H and O–H groups in total. The molecule has 108 valence electrons. The summed E-state index contributed by atoms with van der Waals surface area (Å²) in [7, 11) is 0. The summed E-state index contributed by atoms with van der Waals surface area (Å²) >= 11 is 11.6. The average molecular weight is 318 g/mol. The molecule has 0 aromatic heterocycles. The Hall–Kier alpha value is -1.30. The molecule has 1 fully saturated rings. The summed E-state index contributed by atoms with van der Waals surface area (Å²) in [6, 6.07) is 4.39. The average Bonchev–Trinajstić information content (AvgIpc) is 2.44. The first-order valence-electron chi connectivity index (χ1n) is 6.05. The Balaban J connectivity index is 1.89. The maximum Gasteiger partial charge on any atom is 0.338 e. The lowest BCUT2D eigenvalue weighted by molar-refractivity contribution is -0.138. The van der Waals surface area contributed by atoms with Crippen LogP contribution >= 0.6 is 23.2 Å². The number of nitrogens with zero attached hydrogens (tertiary/aromatic N) is 1. The van der Waals surface area contributed by atoms with E-state index in [0.29, 0.717) is 36.3 Å². The van der Waals surface area contributed by atoms with Crippen molar-refractivity contribution in [3.05, 3.63) is 33.8 Å². The number of hydrogen-bond acceptors (Lipinski definition) is 4. The zero-order valence-electron chi connectivity index (χ0n) is 10.6. The van der Waals surface area contributed by atoms with E-state index in [1.165, 1.54) is 18.2 Å². The van der Waals surface area contributed by atoms with Gasteiger partial charge in [0.25, 0.3) is 5.91 Å². The van der Waals surface area contributed by atoms with E-state index in [1.807, 2.05) is 0 Å². The van der Waals surface area contributed by atoms with Crippen molar-refractivity contribution in [2.45, 2.75) is 0 Å². The van der Waals surface area contributed by atoms with E-state index >= 15 is 0 Å². The third-order valence-corrected chi connectivity index (χ3v) is 3.23. The molecular formula is C13H13Cl2NO4. The minimum absolute atomic E-state index is 0.220. The predicted molar refractivity (Wildman–Crippen MR) is 74.1 cm³/mol. The molecule has 0 aliphatic carbocycles. The Labute approximate surface area is 126 Å². The van der Waals surface area contributed by atoms with Gasteiger partial charge in [-0.3, -0.25) is 4.79 Å². The Bertz CT molecular complexity index is 495. The van der Waals surface area contributed by atoms with Gasteiger partial charge in [0.05, 0.1) is 18.8 Å². The van der Waals surface area contributed by atoms with Crippen LogP contribution in [0.15, 0.2) is 18.2 Å². The minimum Gasteiger partial charge on any atom is -0.452 e. The van der Waals surface area contributed by atoms with Crippen LogP contribution in [0.1, 0.15) is 10.4 Å². The summed E-state index contributed by atoms with van der Waals surface area (Å²) in [6.45, 7) is 1.73. The lowest BCUT2D eigenvalue weighted by atomic mass is 10.2. The molecule has 2 rings (SSSR count). The number of benzene rings is 1. The maximum atomic E-state index is 11.8. The molecule has 0 bridgehead atoms. The largest absolute Gasteiger partial charge is 0.452 e. The van der Waals surface area contributed by atoms with E-state index in [-0.39, 0.29) is 18.1 Å². The van der Waals surface area contributed by atoms with E-state index in [4.69, 9.17) is 32.7 Å².